The first-order valence-electron chi connectivity index (χ1n) is 12.0. The fourth-order valence-electron chi connectivity index (χ4n) is 2.72. The van der Waals surface area contributed by atoms with Gasteiger partial charge >= 0.3 is 0 Å². The lowest BCUT2D eigenvalue weighted by molar-refractivity contribution is 0.304. The lowest BCUT2D eigenvalue weighted by Crippen LogP contribution is -1.96. The predicted molar refractivity (Wildman–Crippen MR) is 137 cm³/mol. The highest BCUT2D eigenvalue weighted by atomic mass is 16.5. The Morgan fingerprint density at radius 2 is 0.939 bits per heavy atom. The molecule has 0 aromatic heterocycles. The summed E-state index contributed by atoms with van der Waals surface area (Å²) in [7, 11) is 0. The highest BCUT2D eigenvalue weighted by Crippen LogP contribution is 2.16. The Hall–Kier alpha value is -3.14. The molecule has 0 bridgehead atoms. The summed E-state index contributed by atoms with van der Waals surface area (Å²) in [5.74, 6) is 2.41. The molecule has 4 heteroatoms. The number of hydrogen-bond acceptors (Lipinski definition) is 4. The first kappa shape index (κ1) is 27.9. The molecule has 0 aliphatic heterocycles. The van der Waals surface area contributed by atoms with Crippen molar-refractivity contribution < 1.29 is 19.7 Å². The van der Waals surface area contributed by atoms with E-state index in [0.29, 0.717) is 5.75 Å². The monoisotopic (exact) mass is 452 g/mol. The quantitative estimate of drug-likeness (QED) is 0.289. The minimum Gasteiger partial charge on any atom is -0.508 e. The second-order valence-electron chi connectivity index (χ2n) is 7.61. The molecule has 3 aromatic rings. The molecule has 180 valence electrons. The van der Waals surface area contributed by atoms with E-state index in [1.807, 2.05) is 36.4 Å². The lowest BCUT2D eigenvalue weighted by atomic mass is 10.2. The molecule has 0 saturated carbocycles. The van der Waals surface area contributed by atoms with Gasteiger partial charge in [0.05, 0.1) is 13.2 Å². The number of phenols is 2. The van der Waals surface area contributed by atoms with Crippen molar-refractivity contribution in [3.63, 3.8) is 0 Å². The number of aromatic hydroxyl groups is 2. The van der Waals surface area contributed by atoms with Crippen LogP contribution in [0, 0.1) is 0 Å². The molecule has 0 radical (unpaired) electrons. The summed E-state index contributed by atoms with van der Waals surface area (Å²) in [5, 5.41) is 17.6. The van der Waals surface area contributed by atoms with E-state index in [2.05, 4.69) is 13.8 Å². The summed E-state index contributed by atoms with van der Waals surface area (Å²) in [6.45, 7) is 5.97. The average molecular weight is 453 g/mol. The molecule has 0 aliphatic rings. The summed E-state index contributed by atoms with van der Waals surface area (Å²) < 4.78 is 11.0. The van der Waals surface area contributed by atoms with Crippen LogP contribution >= 0.6 is 0 Å². The summed E-state index contributed by atoms with van der Waals surface area (Å²) in [4.78, 5) is 0. The molecule has 33 heavy (non-hydrogen) atoms. The van der Waals surface area contributed by atoms with Crippen LogP contribution in [0.2, 0.25) is 0 Å². The molecule has 0 fully saturated rings. The number of ether oxygens (including phenoxy) is 2. The first-order valence-corrected chi connectivity index (χ1v) is 12.0. The van der Waals surface area contributed by atoms with Crippen LogP contribution in [0.15, 0.2) is 84.9 Å². The Bertz CT molecular complexity index is 789. The fraction of sp³-hybridized carbons (Fsp3) is 0.379. The molecule has 3 rings (SSSR count). The van der Waals surface area contributed by atoms with Crippen LogP contribution in [0.1, 0.15) is 58.8 Å². The van der Waals surface area contributed by atoms with Crippen LogP contribution in [0.5, 0.6) is 23.0 Å². The number of para-hydroxylation sites is 2. The first-order chi connectivity index (χ1) is 16.2. The number of hydrogen-bond donors (Lipinski definition) is 2. The predicted octanol–water partition coefficient (Wildman–Crippen LogP) is 8.00. The zero-order valence-electron chi connectivity index (χ0n) is 20.2. The van der Waals surface area contributed by atoms with Gasteiger partial charge < -0.3 is 19.7 Å². The van der Waals surface area contributed by atoms with Crippen molar-refractivity contribution >= 4 is 0 Å². The molecule has 2 N–H and O–H groups in total. The second-order valence-corrected chi connectivity index (χ2v) is 7.61. The molecule has 4 nitrogen and oxygen atoms in total. The summed E-state index contributed by atoms with van der Waals surface area (Å²) >= 11 is 0. The van der Waals surface area contributed by atoms with E-state index in [1.54, 1.807) is 48.5 Å². The van der Waals surface area contributed by atoms with Crippen LogP contribution in [0.3, 0.4) is 0 Å². The van der Waals surface area contributed by atoms with Gasteiger partial charge in [-0.1, -0.05) is 82.3 Å². The van der Waals surface area contributed by atoms with Crippen LogP contribution in [0.25, 0.3) is 0 Å². The van der Waals surface area contributed by atoms with Gasteiger partial charge in [0.2, 0.25) is 0 Å². The minimum absolute atomic E-state index is 0.276. The van der Waals surface area contributed by atoms with Crippen molar-refractivity contribution in [3.8, 4) is 23.0 Å². The van der Waals surface area contributed by atoms with Crippen molar-refractivity contribution in [2.75, 3.05) is 13.2 Å². The Kier molecular flexibility index (Phi) is 16.5. The molecule has 0 unspecified atom stereocenters. The second kappa shape index (κ2) is 19.5. The highest BCUT2D eigenvalue weighted by molar-refractivity contribution is 5.30. The maximum Gasteiger partial charge on any atom is 0.119 e. The van der Waals surface area contributed by atoms with Gasteiger partial charge in [0.15, 0.2) is 0 Å². The van der Waals surface area contributed by atoms with Gasteiger partial charge in [-0.25, -0.2) is 0 Å². The van der Waals surface area contributed by atoms with E-state index in [4.69, 9.17) is 19.7 Å². The number of rotatable bonds is 11. The number of phenolic OH excluding ortho intramolecular Hbond substituents is 2. The third kappa shape index (κ3) is 16.2. The van der Waals surface area contributed by atoms with E-state index in [9.17, 15) is 0 Å². The van der Waals surface area contributed by atoms with Gasteiger partial charge in [0.25, 0.3) is 0 Å². The van der Waals surface area contributed by atoms with E-state index in [0.717, 1.165) is 37.6 Å². The number of unbranched alkanes of at least 4 members (excludes halogenated alkanes) is 5. The molecule has 0 aliphatic carbocycles. The van der Waals surface area contributed by atoms with Crippen LogP contribution in [-0.4, -0.2) is 23.4 Å². The normalized spacial score (nSPS) is 9.64. The van der Waals surface area contributed by atoms with E-state index >= 15 is 0 Å². The van der Waals surface area contributed by atoms with Gasteiger partial charge in [0.1, 0.15) is 23.0 Å². The largest absolute Gasteiger partial charge is 0.508 e. The summed E-state index contributed by atoms with van der Waals surface area (Å²) in [5.41, 5.74) is 0. The van der Waals surface area contributed by atoms with Crippen LogP contribution in [0.4, 0.5) is 0 Å². The highest BCUT2D eigenvalue weighted by Gasteiger charge is 1.93. The summed E-state index contributed by atoms with van der Waals surface area (Å²) in [6, 6.07) is 25.5. The van der Waals surface area contributed by atoms with Gasteiger partial charge in [-0.15, -0.1) is 0 Å². The smallest absolute Gasteiger partial charge is 0.119 e. The SMILES string of the molecule is CCCCCCCOc1ccccc1.CCCCOc1ccc(O)cc1.Oc1ccccc1. The minimum atomic E-state index is 0.276. The zero-order valence-corrected chi connectivity index (χ0v) is 20.2. The molecule has 0 atom stereocenters. The average Bonchev–Trinajstić information content (AvgIpc) is 2.85. The van der Waals surface area contributed by atoms with Crippen LogP contribution in [-0.2, 0) is 0 Å². The van der Waals surface area contributed by atoms with Gasteiger partial charge in [-0.3, -0.25) is 0 Å². The molecule has 0 spiro atoms. The standard InChI is InChI=1S/C13H20O.C10H14O2.C6H6O/c1-2-3-4-5-9-12-14-13-10-7-6-8-11-13;1-2-3-8-12-10-6-4-9(11)5-7-10;7-6-4-2-1-3-5-6/h6-8,10-11H,2-5,9,12H2,1H3;4-7,11H,2-3,8H2,1H3;1-5,7H. The van der Waals surface area contributed by atoms with Crippen molar-refractivity contribution in [2.45, 2.75) is 58.8 Å². The molecular formula is C29H40O4. The Morgan fingerprint density at radius 3 is 1.45 bits per heavy atom. The van der Waals surface area contributed by atoms with Crippen molar-refractivity contribution in [1.82, 2.24) is 0 Å². The molecular weight excluding hydrogens is 412 g/mol. The van der Waals surface area contributed by atoms with Crippen molar-refractivity contribution in [1.29, 1.82) is 0 Å². The fourth-order valence-corrected chi connectivity index (χ4v) is 2.72. The van der Waals surface area contributed by atoms with Gasteiger partial charge in [-0.05, 0) is 61.4 Å². The maximum atomic E-state index is 8.97. The van der Waals surface area contributed by atoms with Crippen LogP contribution < -0.4 is 9.47 Å². The maximum absolute atomic E-state index is 8.97. The molecule has 3 aromatic carbocycles. The van der Waals surface area contributed by atoms with Crippen molar-refractivity contribution in [3.05, 3.63) is 84.9 Å². The van der Waals surface area contributed by atoms with Gasteiger partial charge in [0, 0.05) is 0 Å². The van der Waals surface area contributed by atoms with Crippen molar-refractivity contribution in [2.24, 2.45) is 0 Å². The third-order valence-electron chi connectivity index (χ3n) is 4.62. The van der Waals surface area contributed by atoms with E-state index < -0.39 is 0 Å². The molecule has 0 amide bonds. The molecule has 0 heterocycles. The lowest BCUT2D eigenvalue weighted by Gasteiger charge is -2.04. The number of benzene rings is 3. The van der Waals surface area contributed by atoms with Gasteiger partial charge in [-0.2, -0.15) is 0 Å². The Labute approximate surface area is 199 Å². The zero-order chi connectivity index (χ0) is 24.0. The Morgan fingerprint density at radius 1 is 0.485 bits per heavy atom. The molecule has 0 saturated heterocycles. The van der Waals surface area contributed by atoms with E-state index in [1.165, 1.54) is 32.1 Å². The van der Waals surface area contributed by atoms with E-state index in [-0.39, 0.29) is 5.75 Å². The summed E-state index contributed by atoms with van der Waals surface area (Å²) in [6.07, 6.45) is 8.67. The Balaban J connectivity index is 0.000000260. The third-order valence-corrected chi connectivity index (χ3v) is 4.62. The topological polar surface area (TPSA) is 58.9 Å².